The lowest BCUT2D eigenvalue weighted by Gasteiger charge is -2.03. The number of amides is 1. The first-order valence-electron chi connectivity index (χ1n) is 10.2. The van der Waals surface area contributed by atoms with Crippen LogP contribution in [0.25, 0.3) is 32.9 Å². The summed E-state index contributed by atoms with van der Waals surface area (Å²) in [6.45, 7) is 2.02. The molecule has 3 aromatic heterocycles. The summed E-state index contributed by atoms with van der Waals surface area (Å²) in [7, 11) is 0. The van der Waals surface area contributed by atoms with E-state index in [-0.39, 0.29) is 5.91 Å². The Hall–Kier alpha value is -4.04. The summed E-state index contributed by atoms with van der Waals surface area (Å²) in [6, 6.07) is 21.1. The summed E-state index contributed by atoms with van der Waals surface area (Å²) in [5.41, 5.74) is 2.65. The number of hydrogen-bond donors (Lipinski definition) is 1. The molecule has 8 heteroatoms. The minimum absolute atomic E-state index is 0.234. The van der Waals surface area contributed by atoms with E-state index in [1.54, 1.807) is 10.6 Å². The van der Waals surface area contributed by atoms with Gasteiger partial charge < -0.3 is 9.73 Å². The highest BCUT2D eigenvalue weighted by Gasteiger charge is 2.12. The van der Waals surface area contributed by atoms with Gasteiger partial charge in [0, 0.05) is 29.3 Å². The van der Waals surface area contributed by atoms with Crippen LogP contribution < -0.4 is 5.32 Å². The molecule has 1 N–H and O–H groups in total. The number of nitrogens with zero attached hydrogens (tertiary/aromatic N) is 4. The van der Waals surface area contributed by atoms with Gasteiger partial charge in [-0.1, -0.05) is 48.6 Å². The van der Waals surface area contributed by atoms with Gasteiger partial charge in [-0.2, -0.15) is 9.61 Å². The van der Waals surface area contributed by atoms with Gasteiger partial charge in [0.1, 0.15) is 16.5 Å². The van der Waals surface area contributed by atoms with E-state index in [1.165, 1.54) is 17.4 Å². The highest BCUT2D eigenvalue weighted by molar-refractivity contribution is 7.19. The number of hydrogen-bond acceptors (Lipinski definition) is 6. The molecule has 0 fully saturated rings. The van der Waals surface area contributed by atoms with Crippen LogP contribution in [0.2, 0.25) is 0 Å². The zero-order chi connectivity index (χ0) is 21.9. The molecule has 0 bridgehead atoms. The highest BCUT2D eigenvalue weighted by atomic mass is 32.1. The van der Waals surface area contributed by atoms with Gasteiger partial charge in [0.05, 0.1) is 0 Å². The van der Waals surface area contributed by atoms with Crippen molar-refractivity contribution in [3.8, 4) is 21.9 Å². The first kappa shape index (κ1) is 19.9. The smallest absolute Gasteiger partial charge is 0.248 e. The minimum Gasteiger partial charge on any atom is -0.457 e. The van der Waals surface area contributed by atoms with Crippen LogP contribution in [0.4, 0.5) is 5.69 Å². The highest BCUT2D eigenvalue weighted by Crippen LogP contribution is 2.27. The molecule has 7 nitrogen and oxygen atoms in total. The number of rotatable bonds is 6. The van der Waals surface area contributed by atoms with E-state index in [9.17, 15) is 4.79 Å². The topological polar surface area (TPSA) is 85.3 Å². The van der Waals surface area contributed by atoms with Crippen molar-refractivity contribution in [1.29, 1.82) is 0 Å². The molecule has 5 rings (SSSR count). The SMILES string of the molecule is CCc1nnc2sc(-c3ccc(NC(=O)/C=C/c4ccc(-c5ccccc5)o4)cc3)nn12. The summed E-state index contributed by atoms with van der Waals surface area (Å²) >= 11 is 1.48. The second-order valence-electron chi connectivity index (χ2n) is 7.04. The van der Waals surface area contributed by atoms with Crippen LogP contribution in [0.5, 0.6) is 0 Å². The Kier molecular flexibility index (Phi) is 5.35. The number of anilines is 1. The van der Waals surface area contributed by atoms with Gasteiger partial charge in [-0.05, 0) is 42.5 Å². The minimum atomic E-state index is -0.234. The van der Waals surface area contributed by atoms with Crippen LogP contribution in [0.1, 0.15) is 18.5 Å². The summed E-state index contributed by atoms with van der Waals surface area (Å²) < 4.78 is 7.56. The first-order valence-corrected chi connectivity index (χ1v) is 11.0. The Labute approximate surface area is 188 Å². The van der Waals surface area contributed by atoms with Crippen molar-refractivity contribution in [1.82, 2.24) is 19.8 Å². The Bertz CT molecular complexity index is 1400. The van der Waals surface area contributed by atoms with Crippen LogP contribution in [0, 0.1) is 0 Å². The third-order valence-electron chi connectivity index (χ3n) is 4.86. The Balaban J connectivity index is 1.24. The van der Waals surface area contributed by atoms with Crippen molar-refractivity contribution >= 4 is 34.0 Å². The van der Waals surface area contributed by atoms with Gasteiger partial charge in [-0.15, -0.1) is 10.2 Å². The van der Waals surface area contributed by atoms with Crippen molar-refractivity contribution in [3.05, 3.63) is 84.4 Å². The van der Waals surface area contributed by atoms with Crippen LogP contribution in [0.15, 0.2) is 77.2 Å². The fourth-order valence-electron chi connectivity index (χ4n) is 3.23. The van der Waals surface area contributed by atoms with E-state index < -0.39 is 0 Å². The lowest BCUT2D eigenvalue weighted by Crippen LogP contribution is -2.07. The van der Waals surface area contributed by atoms with E-state index in [0.29, 0.717) is 11.4 Å². The van der Waals surface area contributed by atoms with Gasteiger partial charge in [-0.3, -0.25) is 4.79 Å². The number of fused-ring (bicyclic) bond motifs is 1. The fourth-order valence-corrected chi connectivity index (χ4v) is 4.10. The van der Waals surface area contributed by atoms with Gasteiger partial charge >= 0.3 is 0 Å². The molecule has 5 aromatic rings. The molecule has 0 unspecified atom stereocenters. The van der Waals surface area contributed by atoms with Crippen LogP contribution in [-0.2, 0) is 11.2 Å². The maximum absolute atomic E-state index is 12.3. The molecule has 1 amide bonds. The largest absolute Gasteiger partial charge is 0.457 e. The molecule has 0 aliphatic carbocycles. The predicted molar refractivity (Wildman–Crippen MR) is 125 cm³/mol. The second-order valence-corrected chi connectivity index (χ2v) is 8.00. The number of nitrogens with one attached hydrogen (secondary N) is 1. The third-order valence-corrected chi connectivity index (χ3v) is 5.80. The van der Waals surface area contributed by atoms with E-state index in [4.69, 9.17) is 4.42 Å². The number of aromatic nitrogens is 4. The standard InChI is InChI=1S/C24H19N5O2S/c1-2-21-26-27-24-29(21)28-23(32-24)17-8-10-18(11-9-17)25-22(30)15-13-19-12-14-20(31-19)16-6-4-3-5-7-16/h3-15H,2H2,1H3,(H,25,30)/b15-13+. The average Bonchev–Trinajstić information content (AvgIpc) is 3.55. The summed E-state index contributed by atoms with van der Waals surface area (Å²) in [6.07, 6.45) is 3.88. The molecule has 2 aromatic carbocycles. The van der Waals surface area contributed by atoms with Crippen LogP contribution in [-0.4, -0.2) is 25.7 Å². The Morgan fingerprint density at radius 1 is 1.03 bits per heavy atom. The molecule has 0 aliphatic rings. The number of aryl methyl sites for hydroxylation is 1. The maximum Gasteiger partial charge on any atom is 0.248 e. The van der Waals surface area contributed by atoms with E-state index in [2.05, 4.69) is 20.6 Å². The summed E-state index contributed by atoms with van der Waals surface area (Å²) in [4.78, 5) is 13.1. The monoisotopic (exact) mass is 441 g/mol. The number of carbonyl (C=O) groups is 1. The number of carbonyl (C=O) groups excluding carboxylic acids is 1. The third kappa shape index (κ3) is 4.08. The fraction of sp³-hybridized carbons (Fsp3) is 0.0833. The van der Waals surface area contributed by atoms with E-state index in [0.717, 1.165) is 39.1 Å². The van der Waals surface area contributed by atoms with E-state index >= 15 is 0 Å². The van der Waals surface area contributed by atoms with Crippen molar-refractivity contribution in [2.24, 2.45) is 0 Å². The molecule has 0 radical (unpaired) electrons. The van der Waals surface area contributed by atoms with Gasteiger partial charge in [-0.25, -0.2) is 0 Å². The van der Waals surface area contributed by atoms with Crippen molar-refractivity contribution in [2.45, 2.75) is 13.3 Å². The molecule has 0 atom stereocenters. The average molecular weight is 442 g/mol. The lowest BCUT2D eigenvalue weighted by molar-refractivity contribution is -0.111. The maximum atomic E-state index is 12.3. The first-order chi connectivity index (χ1) is 15.7. The van der Waals surface area contributed by atoms with Crippen molar-refractivity contribution in [3.63, 3.8) is 0 Å². The molecule has 0 aliphatic heterocycles. The van der Waals surface area contributed by atoms with Crippen molar-refractivity contribution < 1.29 is 9.21 Å². The summed E-state index contributed by atoms with van der Waals surface area (Å²) in [5, 5.41) is 16.6. The zero-order valence-electron chi connectivity index (χ0n) is 17.2. The molecule has 32 heavy (non-hydrogen) atoms. The molecular weight excluding hydrogens is 422 g/mol. The van der Waals surface area contributed by atoms with Crippen molar-refractivity contribution in [2.75, 3.05) is 5.32 Å². The summed E-state index contributed by atoms with van der Waals surface area (Å²) in [5.74, 6) is 1.98. The van der Waals surface area contributed by atoms with Gasteiger partial charge in [0.25, 0.3) is 0 Å². The lowest BCUT2D eigenvalue weighted by atomic mass is 10.2. The molecule has 3 heterocycles. The number of furan rings is 1. The second kappa shape index (κ2) is 8.60. The molecule has 0 saturated heterocycles. The molecule has 158 valence electrons. The quantitative estimate of drug-likeness (QED) is 0.360. The predicted octanol–water partition coefficient (Wildman–Crippen LogP) is 5.33. The Morgan fingerprint density at radius 3 is 2.62 bits per heavy atom. The van der Waals surface area contributed by atoms with Gasteiger partial charge in [0.15, 0.2) is 5.82 Å². The number of benzene rings is 2. The van der Waals surface area contributed by atoms with E-state index in [1.807, 2.05) is 73.7 Å². The molecular formula is C24H19N5O2S. The molecule has 0 spiro atoms. The zero-order valence-corrected chi connectivity index (χ0v) is 18.0. The van der Waals surface area contributed by atoms with Crippen LogP contribution in [0.3, 0.4) is 0 Å². The van der Waals surface area contributed by atoms with Crippen LogP contribution >= 0.6 is 11.3 Å². The normalized spacial score (nSPS) is 11.4. The molecule has 0 saturated carbocycles. The van der Waals surface area contributed by atoms with Gasteiger partial charge in [0.2, 0.25) is 10.9 Å². The Morgan fingerprint density at radius 2 is 1.84 bits per heavy atom.